The summed E-state index contributed by atoms with van der Waals surface area (Å²) in [6.45, 7) is 4.75. The van der Waals surface area contributed by atoms with Crippen molar-refractivity contribution in [2.75, 3.05) is 4.90 Å². The van der Waals surface area contributed by atoms with Crippen LogP contribution in [-0.4, -0.2) is 0 Å². The second-order valence-corrected chi connectivity index (χ2v) is 18.7. The first-order chi connectivity index (χ1) is 32.0. The molecule has 0 radical (unpaired) electrons. The van der Waals surface area contributed by atoms with Crippen LogP contribution in [0.25, 0.3) is 86.9 Å². The van der Waals surface area contributed by atoms with E-state index in [1.165, 1.54) is 98.1 Å². The van der Waals surface area contributed by atoms with Crippen LogP contribution in [0.15, 0.2) is 237 Å². The lowest BCUT2D eigenvalue weighted by molar-refractivity contribution is 0.660. The van der Waals surface area contributed by atoms with Crippen molar-refractivity contribution >= 4 is 48.6 Å². The first-order valence-electron chi connectivity index (χ1n) is 22.5. The van der Waals surface area contributed by atoms with Crippen LogP contribution in [0.1, 0.15) is 25.0 Å². The third-order valence-electron chi connectivity index (χ3n) is 13.5. The Kier molecular flexibility index (Phi) is 9.44. The van der Waals surface area contributed by atoms with E-state index in [2.05, 4.69) is 255 Å². The van der Waals surface area contributed by atoms with Crippen molar-refractivity contribution in [2.45, 2.75) is 19.3 Å². The van der Waals surface area contributed by atoms with Gasteiger partial charge in [-0.1, -0.05) is 208 Å². The lowest BCUT2D eigenvalue weighted by Crippen LogP contribution is -2.15. The number of rotatable bonds is 8. The molecule has 0 unspecified atom stereocenters. The zero-order chi connectivity index (χ0) is 43.5. The largest absolute Gasteiger partial charge is 0.310 e. The smallest absolute Gasteiger partial charge is 0.0546 e. The molecule has 0 saturated heterocycles. The molecule has 0 bridgehead atoms. The standard InChI is InChI=1S/C63H45NS/c1-63(2)57-27-11-9-22-52(57)53-39-36-48(41-58(53)63)51-24-15-28-59(61(51)56-26-14-25-55-54-23-10-12-29-60(54)65-62(55)56)64(50-21-13-20-47(40-50)43-18-7-4-8-19-43)49-37-34-46(35-38-49)45-32-30-44(31-33-45)42-16-5-3-6-17-42/h3-41H,1-2H3. The van der Waals surface area contributed by atoms with Crippen molar-refractivity contribution in [2.24, 2.45) is 0 Å². The minimum Gasteiger partial charge on any atom is -0.310 e. The van der Waals surface area contributed by atoms with Crippen molar-refractivity contribution in [3.8, 4) is 66.8 Å². The monoisotopic (exact) mass is 847 g/mol. The molecule has 0 N–H and O–H groups in total. The molecule has 0 fully saturated rings. The maximum atomic E-state index is 2.48. The molecule has 1 aliphatic carbocycles. The highest BCUT2D eigenvalue weighted by atomic mass is 32.1. The molecule has 0 saturated carbocycles. The summed E-state index contributed by atoms with van der Waals surface area (Å²) in [6.07, 6.45) is 0. The summed E-state index contributed by atoms with van der Waals surface area (Å²) >= 11 is 1.89. The number of benzene rings is 10. The van der Waals surface area contributed by atoms with E-state index in [-0.39, 0.29) is 5.41 Å². The van der Waals surface area contributed by atoms with Gasteiger partial charge in [0.2, 0.25) is 0 Å². The summed E-state index contributed by atoms with van der Waals surface area (Å²) in [6, 6.07) is 87.1. The molecule has 0 spiro atoms. The third-order valence-corrected chi connectivity index (χ3v) is 14.7. The predicted molar refractivity (Wildman–Crippen MR) is 279 cm³/mol. The van der Waals surface area contributed by atoms with Crippen molar-refractivity contribution in [1.29, 1.82) is 0 Å². The van der Waals surface area contributed by atoms with Crippen LogP contribution >= 0.6 is 11.3 Å². The van der Waals surface area contributed by atoms with E-state index in [1.807, 2.05) is 11.3 Å². The Morgan fingerprint density at radius 2 is 0.862 bits per heavy atom. The van der Waals surface area contributed by atoms with Gasteiger partial charge in [0.05, 0.1) is 5.69 Å². The highest BCUT2D eigenvalue weighted by Gasteiger charge is 2.35. The molecule has 10 aromatic carbocycles. The summed E-state index contributed by atoms with van der Waals surface area (Å²) in [5, 5.41) is 2.58. The van der Waals surface area contributed by atoms with Gasteiger partial charge in [-0.15, -0.1) is 11.3 Å². The van der Waals surface area contributed by atoms with Crippen LogP contribution in [0.5, 0.6) is 0 Å². The van der Waals surface area contributed by atoms with E-state index in [1.54, 1.807) is 0 Å². The van der Waals surface area contributed by atoms with E-state index in [0.29, 0.717) is 0 Å². The summed E-state index contributed by atoms with van der Waals surface area (Å²) in [5.41, 5.74) is 20.6. The lowest BCUT2D eigenvalue weighted by atomic mass is 9.81. The van der Waals surface area contributed by atoms with Gasteiger partial charge >= 0.3 is 0 Å². The summed E-state index contributed by atoms with van der Waals surface area (Å²) in [4.78, 5) is 2.48. The summed E-state index contributed by atoms with van der Waals surface area (Å²) in [7, 11) is 0. The number of anilines is 3. The minimum absolute atomic E-state index is 0.126. The molecular weight excluding hydrogens is 803 g/mol. The molecular formula is C63H45NS. The van der Waals surface area contributed by atoms with Gasteiger partial charge in [-0.2, -0.15) is 0 Å². The van der Waals surface area contributed by atoms with Gasteiger partial charge in [0, 0.05) is 48.1 Å². The summed E-state index contributed by atoms with van der Waals surface area (Å²) in [5.74, 6) is 0. The van der Waals surface area contributed by atoms with Crippen LogP contribution in [-0.2, 0) is 5.41 Å². The van der Waals surface area contributed by atoms with Crippen molar-refractivity contribution in [3.05, 3.63) is 248 Å². The first-order valence-corrected chi connectivity index (χ1v) is 23.3. The van der Waals surface area contributed by atoms with Gasteiger partial charge in [-0.3, -0.25) is 0 Å². The zero-order valence-corrected chi connectivity index (χ0v) is 37.2. The Morgan fingerprint density at radius 3 is 1.62 bits per heavy atom. The average molecular weight is 848 g/mol. The Hall–Kier alpha value is -7.78. The Bertz CT molecular complexity index is 3540. The van der Waals surface area contributed by atoms with Gasteiger partial charge in [0.15, 0.2) is 0 Å². The SMILES string of the molecule is CC1(C)c2ccccc2-c2ccc(-c3cccc(N(c4ccc(-c5ccc(-c6ccccc6)cc5)cc4)c4cccc(-c5ccccc5)c4)c3-c3cccc4c3sc3ccccc34)cc21. The van der Waals surface area contributed by atoms with Crippen molar-refractivity contribution in [3.63, 3.8) is 0 Å². The van der Waals surface area contributed by atoms with Crippen molar-refractivity contribution in [1.82, 2.24) is 0 Å². The quantitative estimate of drug-likeness (QED) is 0.147. The second kappa shape index (κ2) is 15.8. The normalized spacial score (nSPS) is 12.6. The fourth-order valence-electron chi connectivity index (χ4n) is 10.2. The van der Waals surface area contributed by atoms with Crippen molar-refractivity contribution < 1.29 is 0 Å². The number of hydrogen-bond donors (Lipinski definition) is 0. The number of fused-ring (bicyclic) bond motifs is 6. The van der Waals surface area contributed by atoms with E-state index < -0.39 is 0 Å². The van der Waals surface area contributed by atoms with E-state index in [9.17, 15) is 0 Å². The fraction of sp³-hybridized carbons (Fsp3) is 0.0476. The molecule has 1 aromatic heterocycles. The molecule has 2 heteroatoms. The topological polar surface area (TPSA) is 3.24 Å². The van der Waals surface area contributed by atoms with Gasteiger partial charge in [0.25, 0.3) is 0 Å². The highest BCUT2D eigenvalue weighted by Crippen LogP contribution is 2.53. The third kappa shape index (κ3) is 6.69. The van der Waals surface area contributed by atoms with E-state index >= 15 is 0 Å². The number of thiophene rings is 1. The van der Waals surface area contributed by atoms with Crippen LogP contribution in [0.3, 0.4) is 0 Å². The van der Waals surface area contributed by atoms with Crippen LogP contribution < -0.4 is 4.90 Å². The molecule has 1 nitrogen and oxygen atoms in total. The Balaban J connectivity index is 1.08. The first kappa shape index (κ1) is 38.9. The maximum Gasteiger partial charge on any atom is 0.0546 e. The van der Waals surface area contributed by atoms with Crippen LogP contribution in [0, 0.1) is 0 Å². The second-order valence-electron chi connectivity index (χ2n) is 17.7. The minimum atomic E-state index is -0.126. The molecule has 1 aliphatic rings. The maximum absolute atomic E-state index is 2.48. The lowest BCUT2D eigenvalue weighted by Gasteiger charge is -2.30. The molecule has 308 valence electrons. The molecule has 65 heavy (non-hydrogen) atoms. The van der Waals surface area contributed by atoms with Gasteiger partial charge < -0.3 is 4.90 Å². The van der Waals surface area contributed by atoms with Crippen LogP contribution in [0.2, 0.25) is 0 Å². The van der Waals surface area contributed by atoms with Gasteiger partial charge in [0.1, 0.15) is 0 Å². The Labute approximate surface area is 385 Å². The Morgan fingerprint density at radius 1 is 0.338 bits per heavy atom. The molecule has 0 aliphatic heterocycles. The van der Waals surface area contributed by atoms with Gasteiger partial charge in [-0.05, 0) is 109 Å². The molecule has 0 atom stereocenters. The van der Waals surface area contributed by atoms with Crippen LogP contribution in [0.4, 0.5) is 17.1 Å². The van der Waals surface area contributed by atoms with E-state index in [4.69, 9.17) is 0 Å². The van der Waals surface area contributed by atoms with E-state index in [0.717, 1.165) is 17.1 Å². The summed E-state index contributed by atoms with van der Waals surface area (Å²) < 4.78 is 2.59. The highest BCUT2D eigenvalue weighted by molar-refractivity contribution is 7.26. The number of nitrogens with zero attached hydrogens (tertiary/aromatic N) is 1. The molecule has 11 aromatic rings. The fourth-order valence-corrected chi connectivity index (χ4v) is 11.5. The zero-order valence-electron chi connectivity index (χ0n) is 36.4. The molecule has 1 heterocycles. The molecule has 12 rings (SSSR count). The predicted octanol–water partition coefficient (Wildman–Crippen LogP) is 18.2. The molecule has 0 amide bonds. The average Bonchev–Trinajstić information content (AvgIpc) is 3.87. The van der Waals surface area contributed by atoms with Gasteiger partial charge in [-0.25, -0.2) is 0 Å². The number of hydrogen-bond acceptors (Lipinski definition) is 2.